The third kappa shape index (κ3) is 4.32. The van der Waals surface area contributed by atoms with E-state index in [0.29, 0.717) is 6.04 Å². The fourth-order valence-electron chi connectivity index (χ4n) is 3.14. The van der Waals surface area contributed by atoms with E-state index in [9.17, 15) is 0 Å². The Morgan fingerprint density at radius 1 is 1.25 bits per heavy atom. The van der Waals surface area contributed by atoms with Crippen LogP contribution in [0, 0.1) is 5.92 Å². The molecular formula is C18H30N2. The van der Waals surface area contributed by atoms with Crippen molar-refractivity contribution in [1.82, 2.24) is 10.2 Å². The van der Waals surface area contributed by atoms with E-state index in [1.165, 1.54) is 43.6 Å². The van der Waals surface area contributed by atoms with E-state index in [1.54, 1.807) is 0 Å². The first-order valence-electron chi connectivity index (χ1n) is 8.22. The molecule has 0 saturated carbocycles. The van der Waals surface area contributed by atoms with Crippen LogP contribution < -0.4 is 5.32 Å². The van der Waals surface area contributed by atoms with Crippen molar-refractivity contribution in [3.8, 4) is 0 Å². The standard InChI is InChI=1S/C18H30N2/c1-4-17-9-5-6-10-18(17)14-20(15(2)3)13-16-8-7-11-19-12-16/h5-6,9-10,15-16,19H,4,7-8,11-14H2,1-3H3. The van der Waals surface area contributed by atoms with Crippen LogP contribution in [0.5, 0.6) is 0 Å². The molecule has 0 amide bonds. The molecular weight excluding hydrogens is 244 g/mol. The van der Waals surface area contributed by atoms with Gasteiger partial charge in [0.25, 0.3) is 0 Å². The van der Waals surface area contributed by atoms with Gasteiger partial charge in [-0.25, -0.2) is 0 Å². The van der Waals surface area contributed by atoms with Crippen molar-refractivity contribution in [2.24, 2.45) is 5.92 Å². The average molecular weight is 274 g/mol. The minimum Gasteiger partial charge on any atom is -0.316 e. The van der Waals surface area contributed by atoms with Crippen LogP contribution in [0.1, 0.15) is 44.7 Å². The van der Waals surface area contributed by atoms with Gasteiger partial charge in [-0.15, -0.1) is 0 Å². The monoisotopic (exact) mass is 274 g/mol. The lowest BCUT2D eigenvalue weighted by molar-refractivity contribution is 0.163. The Hall–Kier alpha value is -0.860. The minimum absolute atomic E-state index is 0.613. The van der Waals surface area contributed by atoms with Crippen LogP contribution in [-0.4, -0.2) is 30.6 Å². The van der Waals surface area contributed by atoms with Gasteiger partial charge in [0.15, 0.2) is 0 Å². The smallest absolute Gasteiger partial charge is 0.0239 e. The van der Waals surface area contributed by atoms with Gasteiger partial charge >= 0.3 is 0 Å². The van der Waals surface area contributed by atoms with Gasteiger partial charge in [-0.1, -0.05) is 31.2 Å². The number of rotatable bonds is 6. The Balaban J connectivity index is 2.01. The number of nitrogens with zero attached hydrogens (tertiary/aromatic N) is 1. The third-order valence-electron chi connectivity index (χ3n) is 4.49. The number of nitrogens with one attached hydrogen (secondary N) is 1. The summed E-state index contributed by atoms with van der Waals surface area (Å²) < 4.78 is 0. The topological polar surface area (TPSA) is 15.3 Å². The highest BCUT2D eigenvalue weighted by atomic mass is 15.1. The van der Waals surface area contributed by atoms with E-state index in [1.807, 2.05) is 0 Å². The number of piperidine rings is 1. The summed E-state index contributed by atoms with van der Waals surface area (Å²) in [7, 11) is 0. The quantitative estimate of drug-likeness (QED) is 0.854. The van der Waals surface area contributed by atoms with Gasteiger partial charge in [0.05, 0.1) is 0 Å². The molecule has 1 fully saturated rings. The number of hydrogen-bond acceptors (Lipinski definition) is 2. The molecule has 1 saturated heterocycles. The average Bonchev–Trinajstić information content (AvgIpc) is 2.48. The molecule has 1 aliphatic rings. The van der Waals surface area contributed by atoms with Crippen molar-refractivity contribution in [3.05, 3.63) is 35.4 Å². The zero-order valence-electron chi connectivity index (χ0n) is 13.4. The Bertz CT molecular complexity index is 394. The molecule has 1 aromatic carbocycles. The van der Waals surface area contributed by atoms with Crippen molar-refractivity contribution in [1.29, 1.82) is 0 Å². The zero-order chi connectivity index (χ0) is 14.4. The lowest BCUT2D eigenvalue weighted by Crippen LogP contribution is -2.40. The summed E-state index contributed by atoms with van der Waals surface area (Å²) in [5.74, 6) is 0.819. The molecule has 1 aliphatic heterocycles. The van der Waals surface area contributed by atoms with Gasteiger partial charge in [0.1, 0.15) is 0 Å². The normalized spacial score (nSPS) is 19.8. The van der Waals surface area contributed by atoms with E-state index >= 15 is 0 Å². The molecule has 0 aliphatic carbocycles. The number of aryl methyl sites for hydroxylation is 1. The van der Waals surface area contributed by atoms with E-state index < -0.39 is 0 Å². The summed E-state index contributed by atoms with van der Waals surface area (Å²) in [6, 6.07) is 9.52. The van der Waals surface area contributed by atoms with Gasteiger partial charge in [-0.3, -0.25) is 4.90 Å². The molecule has 2 rings (SSSR count). The predicted octanol–water partition coefficient (Wildman–Crippen LogP) is 3.46. The van der Waals surface area contributed by atoms with Crippen LogP contribution in [0.15, 0.2) is 24.3 Å². The first-order chi connectivity index (χ1) is 9.70. The van der Waals surface area contributed by atoms with Crippen LogP contribution in [0.2, 0.25) is 0 Å². The highest BCUT2D eigenvalue weighted by Crippen LogP contribution is 2.18. The molecule has 1 aromatic rings. The highest BCUT2D eigenvalue weighted by molar-refractivity contribution is 5.27. The summed E-state index contributed by atoms with van der Waals surface area (Å²) >= 11 is 0. The molecule has 2 heteroatoms. The van der Waals surface area contributed by atoms with E-state index in [0.717, 1.165) is 18.9 Å². The van der Waals surface area contributed by atoms with Crippen molar-refractivity contribution >= 4 is 0 Å². The van der Waals surface area contributed by atoms with Gasteiger partial charge < -0.3 is 5.32 Å². The van der Waals surface area contributed by atoms with Gasteiger partial charge in [0.2, 0.25) is 0 Å². The summed E-state index contributed by atoms with van der Waals surface area (Å²) in [5.41, 5.74) is 3.01. The number of benzene rings is 1. The molecule has 0 radical (unpaired) electrons. The second-order valence-electron chi connectivity index (χ2n) is 6.36. The van der Waals surface area contributed by atoms with E-state index in [4.69, 9.17) is 0 Å². The van der Waals surface area contributed by atoms with Gasteiger partial charge in [0, 0.05) is 19.1 Å². The summed E-state index contributed by atoms with van der Waals surface area (Å²) in [5, 5.41) is 3.54. The fraction of sp³-hybridized carbons (Fsp3) is 0.667. The van der Waals surface area contributed by atoms with Crippen LogP contribution in [0.25, 0.3) is 0 Å². The predicted molar refractivity (Wildman–Crippen MR) is 87.0 cm³/mol. The van der Waals surface area contributed by atoms with E-state index in [-0.39, 0.29) is 0 Å². The second-order valence-corrected chi connectivity index (χ2v) is 6.36. The maximum Gasteiger partial charge on any atom is 0.0239 e. The molecule has 0 aromatic heterocycles. The summed E-state index contributed by atoms with van der Waals surface area (Å²) in [6.45, 7) is 11.6. The van der Waals surface area contributed by atoms with Crippen LogP contribution in [0.4, 0.5) is 0 Å². The Morgan fingerprint density at radius 2 is 2.00 bits per heavy atom. The van der Waals surface area contributed by atoms with Crippen molar-refractivity contribution in [2.45, 2.75) is 52.6 Å². The molecule has 1 heterocycles. The molecule has 112 valence electrons. The summed E-state index contributed by atoms with van der Waals surface area (Å²) in [6.07, 6.45) is 3.85. The van der Waals surface area contributed by atoms with Gasteiger partial charge in [-0.2, -0.15) is 0 Å². The molecule has 1 N–H and O–H groups in total. The molecule has 1 atom stereocenters. The van der Waals surface area contributed by atoms with E-state index in [2.05, 4.69) is 55.3 Å². The largest absolute Gasteiger partial charge is 0.316 e. The maximum atomic E-state index is 3.54. The maximum absolute atomic E-state index is 3.54. The first-order valence-corrected chi connectivity index (χ1v) is 8.22. The SMILES string of the molecule is CCc1ccccc1CN(CC1CCCNC1)C(C)C. The molecule has 2 nitrogen and oxygen atoms in total. The van der Waals surface area contributed by atoms with Gasteiger partial charge in [-0.05, 0) is 63.2 Å². The first kappa shape index (κ1) is 15.5. The van der Waals surface area contributed by atoms with Crippen molar-refractivity contribution in [2.75, 3.05) is 19.6 Å². The minimum atomic E-state index is 0.613. The zero-order valence-corrected chi connectivity index (χ0v) is 13.4. The number of hydrogen-bond donors (Lipinski definition) is 1. The lowest BCUT2D eigenvalue weighted by atomic mass is 9.97. The Kier molecular flexibility index (Phi) is 6.06. The second kappa shape index (κ2) is 7.80. The molecule has 1 unspecified atom stereocenters. The van der Waals surface area contributed by atoms with Crippen LogP contribution >= 0.6 is 0 Å². The Morgan fingerprint density at radius 3 is 2.60 bits per heavy atom. The van der Waals surface area contributed by atoms with Crippen LogP contribution in [0.3, 0.4) is 0 Å². The lowest BCUT2D eigenvalue weighted by Gasteiger charge is -2.33. The highest BCUT2D eigenvalue weighted by Gasteiger charge is 2.19. The molecule has 20 heavy (non-hydrogen) atoms. The van der Waals surface area contributed by atoms with Crippen molar-refractivity contribution < 1.29 is 0 Å². The fourth-order valence-corrected chi connectivity index (χ4v) is 3.14. The van der Waals surface area contributed by atoms with Crippen LogP contribution in [-0.2, 0) is 13.0 Å². The third-order valence-corrected chi connectivity index (χ3v) is 4.49. The van der Waals surface area contributed by atoms with Crippen molar-refractivity contribution in [3.63, 3.8) is 0 Å². The molecule has 0 spiro atoms. The molecule has 0 bridgehead atoms. The Labute approximate surface area is 124 Å². The summed E-state index contributed by atoms with van der Waals surface area (Å²) in [4.78, 5) is 2.64.